The van der Waals surface area contributed by atoms with Crippen molar-refractivity contribution in [3.63, 3.8) is 0 Å². The fourth-order valence-corrected chi connectivity index (χ4v) is 27.8. The zero-order valence-electron chi connectivity index (χ0n) is 79.6. The predicted octanol–water partition coefficient (Wildman–Crippen LogP) is 7.88. The van der Waals surface area contributed by atoms with Crippen molar-refractivity contribution in [1.29, 1.82) is 0 Å². The van der Waals surface area contributed by atoms with Gasteiger partial charge < -0.3 is 59.6 Å². The maximum atomic E-state index is 13.7. The summed E-state index contributed by atoms with van der Waals surface area (Å²) in [5, 5.41) is 9.50. The number of amides is 2. The van der Waals surface area contributed by atoms with Crippen molar-refractivity contribution >= 4 is 87.0 Å². The minimum atomic E-state index is -3.98. The molecule has 135 heavy (non-hydrogen) atoms. The number of aryl methyl sites for hydroxylation is 1. The molecular weight excluding hydrogens is 1820 g/mol. The molecule has 5 spiro atoms. The highest BCUT2D eigenvalue weighted by Crippen LogP contribution is 2.47. The molecule has 3 aliphatic carbocycles. The van der Waals surface area contributed by atoms with Crippen LogP contribution in [-0.4, -0.2) is 342 Å². The summed E-state index contributed by atoms with van der Waals surface area (Å²) in [7, 11) is -5.01. The van der Waals surface area contributed by atoms with Gasteiger partial charge >= 0.3 is 11.6 Å². The van der Waals surface area contributed by atoms with Crippen LogP contribution in [0.3, 0.4) is 0 Å². The molecule has 11 aliphatic heterocycles. The van der Waals surface area contributed by atoms with E-state index in [2.05, 4.69) is 69.7 Å². The normalized spacial score (nSPS) is 24.3. The predicted molar refractivity (Wildman–Crippen MR) is 513 cm³/mol. The maximum absolute atomic E-state index is 13.7. The van der Waals surface area contributed by atoms with Gasteiger partial charge in [0.2, 0.25) is 51.9 Å². The number of ketones is 3. The van der Waals surface area contributed by atoms with Gasteiger partial charge in [0.25, 0.3) is 0 Å². The van der Waals surface area contributed by atoms with Gasteiger partial charge in [-0.3, -0.25) is 33.9 Å². The number of hydrogen-bond acceptors (Lipinski definition) is 27. The van der Waals surface area contributed by atoms with E-state index in [1.165, 1.54) is 119 Å². The van der Waals surface area contributed by atoms with Crippen molar-refractivity contribution in [2.75, 3.05) is 166 Å². The Labute approximate surface area is 801 Å². The van der Waals surface area contributed by atoms with E-state index in [0.717, 1.165) is 120 Å². The molecule has 33 nitrogen and oxygen atoms in total. The average Bonchev–Trinajstić information content (AvgIpc) is 1.58. The van der Waals surface area contributed by atoms with Crippen LogP contribution in [0.4, 0.5) is 0 Å². The van der Waals surface area contributed by atoms with Crippen molar-refractivity contribution in [2.24, 2.45) is 22.7 Å². The Kier molecular flexibility index (Phi) is 33.8. The number of rotatable bonds is 25. The van der Waals surface area contributed by atoms with Crippen LogP contribution in [0.1, 0.15) is 179 Å². The van der Waals surface area contributed by atoms with Gasteiger partial charge in [0.1, 0.15) is 28.9 Å². The van der Waals surface area contributed by atoms with E-state index < -0.39 is 80.5 Å². The number of hydrogen-bond donors (Lipinski definition) is 3. The highest BCUT2D eigenvalue weighted by atomic mass is 32.2. The Hall–Kier alpha value is -7.52. The highest BCUT2D eigenvalue weighted by Gasteiger charge is 2.60. The van der Waals surface area contributed by atoms with Crippen LogP contribution < -0.4 is 16.0 Å². The number of likely N-dealkylation sites (tertiary alicyclic amines) is 4. The lowest BCUT2D eigenvalue weighted by molar-refractivity contribution is -0.121. The number of nitrogens with one attached hydrogen (secondary N) is 3. The molecule has 13 fully saturated rings. The lowest BCUT2D eigenvalue weighted by atomic mass is 9.95. The van der Waals surface area contributed by atoms with Crippen LogP contribution in [0.5, 0.6) is 0 Å². The number of piperidine rings is 5. The summed E-state index contributed by atoms with van der Waals surface area (Å²) in [6, 6.07) is 35.1. The molecule has 0 bridgehead atoms. The lowest BCUT2D eigenvalue weighted by Crippen LogP contribution is -2.60. The molecule has 11 heterocycles. The van der Waals surface area contributed by atoms with E-state index in [4.69, 9.17) is 22.6 Å². The van der Waals surface area contributed by atoms with Crippen molar-refractivity contribution in [2.45, 2.75) is 216 Å². The molecule has 10 saturated heterocycles. The number of aliphatic imine (C=N–C) groups is 1. The second kappa shape index (κ2) is 44.1. The Morgan fingerprint density at radius 2 is 0.889 bits per heavy atom. The van der Waals surface area contributed by atoms with E-state index in [-0.39, 0.29) is 68.1 Å². The highest BCUT2D eigenvalue weighted by molar-refractivity contribution is 7.90. The summed E-state index contributed by atoms with van der Waals surface area (Å²) in [5.74, 6) is 2.25. The number of carbonyl (C=O) groups is 5. The number of likely N-dealkylation sites (N-methyl/N-ethyl adjacent to an activating group) is 2. The Balaban J connectivity index is 0.000000135. The third-order valence-corrected chi connectivity index (χ3v) is 36.4. The number of nitrogens with zero attached hydrogens (tertiary/aromatic N) is 12. The number of ether oxygens (including phenoxy) is 3. The number of allylic oxidation sites excluding steroid dienone is 1. The van der Waals surface area contributed by atoms with E-state index >= 15 is 0 Å². The molecule has 5 aromatic rings. The first-order valence-electron chi connectivity index (χ1n) is 47.8. The summed E-state index contributed by atoms with van der Waals surface area (Å²) < 4.78 is 149. The topological polar surface area (TPSA) is 368 Å². The van der Waals surface area contributed by atoms with Crippen molar-refractivity contribution in [1.82, 2.24) is 67.5 Å². The van der Waals surface area contributed by atoms with Crippen molar-refractivity contribution in [3.8, 4) is 0 Å². The van der Waals surface area contributed by atoms with Gasteiger partial charge in [0.15, 0.2) is 17.3 Å². The number of Topliss-reactive ketones (excluding diaryl/α,β-unsaturated/α-hetero) is 3. The first kappa shape index (κ1) is 103. The first-order chi connectivity index (χ1) is 64.3. The van der Waals surface area contributed by atoms with Crippen LogP contribution >= 0.6 is 0 Å². The summed E-state index contributed by atoms with van der Waals surface area (Å²) in [5.41, 5.74) is 1.29. The Morgan fingerprint density at radius 3 is 1.30 bits per heavy atom. The average molecular weight is 1960 g/mol. The molecule has 738 valence electrons. The zero-order chi connectivity index (χ0) is 96.5. The molecule has 3 unspecified atom stereocenters. The zero-order valence-corrected chi connectivity index (χ0v) is 83.7. The lowest BCUT2D eigenvalue weighted by Gasteiger charge is -2.44. The molecule has 3 atom stereocenters. The van der Waals surface area contributed by atoms with E-state index in [0.29, 0.717) is 125 Å². The molecule has 0 radical (unpaired) electrons. The van der Waals surface area contributed by atoms with Crippen LogP contribution in [0.25, 0.3) is 0 Å². The van der Waals surface area contributed by atoms with Crippen LogP contribution in [0, 0.1) is 24.7 Å². The number of carbonyl (C=O) groups excluding carboxylic acids is 5. The quantitative estimate of drug-likeness (QED) is 0.0467. The molecule has 2 amide bonds. The van der Waals surface area contributed by atoms with E-state index in [9.17, 15) is 57.6 Å². The first-order valence-corrected chi connectivity index (χ1v) is 54.2. The van der Waals surface area contributed by atoms with E-state index in [1.54, 1.807) is 67.7 Å². The van der Waals surface area contributed by atoms with Gasteiger partial charge in [0, 0.05) is 191 Å². The van der Waals surface area contributed by atoms with Crippen LogP contribution in [0.15, 0.2) is 164 Å². The number of sulfonamides is 4. The molecule has 3 N–H and O–H groups in total. The Bertz CT molecular complexity index is 5530. The third kappa shape index (κ3) is 25.1. The minimum absolute atomic E-state index is 0.0748. The van der Waals surface area contributed by atoms with Crippen LogP contribution in [-0.2, 0) is 82.0 Å². The standard InChI is InChI=1S/C22H33N3O4S.C20H24N4O4S.C19H29N3O4S.C18H25N3O.C18H26N2O3S.O2S/c1-17(26)19-6-8-21(9-7-19)30(27,28)25-16-20(15-23(2)3)29-22(25)10-12-24(13-11-22)14-18-4-5-18;1-14(25)15-4-6-17(7-5-15)29(27,28)24-18(13-16-3-2-10-22-16)19(26)23-20(24)8-11-21-12-9-20;1-15(23)16-5-7-18(8-6-16)27(24,25)22-14-17(13-20(2)3)26-19(22)9-11-21(4)12-10-19;22-17-14-21(13-15-4-2-1-3-5-15)18(19-17)8-10-20(11-9-18)12-16-6-7-16;1-15-2-6-17(7-3-15)24(21,22)20-12-13-23-18(20)8-10-19(11-9-18)14-16-4-5-16;1-3-2/h6-9,18,20H,4-5,10-16H2,1-3H3;3-7,10,18,21H,2,8-9,11-13H2,1H3,(H,23,26);5-8,17H,9-14H2,1-4H3;1-5,16H,6-14H2,(H,19,22);2-3,6-7,16H,4-5,8-14H2,1H3;. The molecular formula is C97H137N15O18S5. The largest absolute Gasteiger partial charge is 0.358 e. The van der Waals surface area contributed by atoms with Gasteiger partial charge in [-0.2, -0.15) is 25.6 Å². The fourth-order valence-electron chi connectivity index (χ4n) is 20.7. The maximum Gasteiger partial charge on any atom is 0.335 e. The molecule has 14 aliphatic rings. The molecule has 3 saturated carbocycles. The van der Waals surface area contributed by atoms with Crippen molar-refractivity contribution in [3.05, 3.63) is 167 Å². The van der Waals surface area contributed by atoms with Gasteiger partial charge in [-0.1, -0.05) is 90.5 Å². The monoisotopic (exact) mass is 1960 g/mol. The van der Waals surface area contributed by atoms with Crippen molar-refractivity contribution < 1.29 is 80.3 Å². The van der Waals surface area contributed by atoms with Gasteiger partial charge in [-0.15, -0.1) is 0 Å². The molecule has 0 aromatic heterocycles. The van der Waals surface area contributed by atoms with E-state index in [1.807, 2.05) is 76.2 Å². The second-order valence-electron chi connectivity index (χ2n) is 39.5. The molecule has 19 rings (SSSR count). The van der Waals surface area contributed by atoms with Gasteiger partial charge in [-0.25, -0.2) is 33.7 Å². The third-order valence-electron chi connectivity index (χ3n) is 28.6. The minimum Gasteiger partial charge on any atom is -0.358 e. The number of benzene rings is 5. The summed E-state index contributed by atoms with van der Waals surface area (Å²) in [4.78, 5) is 80.8. The van der Waals surface area contributed by atoms with Gasteiger partial charge in [-0.05, 0) is 212 Å². The van der Waals surface area contributed by atoms with Gasteiger partial charge in [0.05, 0.1) is 50.6 Å². The summed E-state index contributed by atoms with van der Waals surface area (Å²) in [6.45, 7) is 22.9. The summed E-state index contributed by atoms with van der Waals surface area (Å²) >= 11 is -0.750. The molecule has 5 aromatic carbocycles. The van der Waals surface area contributed by atoms with Crippen LogP contribution in [0.2, 0.25) is 0 Å². The fraction of sp³-hybridized carbons (Fsp3) is 0.608. The second-order valence-corrected chi connectivity index (χ2v) is 47.0. The summed E-state index contributed by atoms with van der Waals surface area (Å²) in [6.07, 6.45) is 19.8. The Morgan fingerprint density at radius 1 is 0.489 bits per heavy atom. The molecule has 38 heteroatoms. The smallest absolute Gasteiger partial charge is 0.335 e. The SMILES string of the molecule is CC(=O)c1ccc(S(=O)(=O)N2C(CC3=CCC=N3)C(=O)NC23CCNCC3)cc1.CC(=O)c1ccc(S(=O)(=O)N2CC(CN(C)C)OC23CCN(C)CC3)cc1.CC(=O)c1ccc(S(=O)(=O)N2CC(CN(C)C)OC23CCN(CC2CC2)CC3)cc1.Cc1ccc(S(=O)(=O)N2CCOC23CCN(CC2CC2)CC3)cc1.O=C1CN(Cc2ccccc2)C2(CCN(CC3CC3)CC2)N1.O=S=O.